The van der Waals surface area contributed by atoms with Crippen molar-refractivity contribution in [2.75, 3.05) is 24.3 Å². The Morgan fingerprint density at radius 2 is 1.59 bits per heavy atom. The molecule has 0 saturated heterocycles. The molecule has 0 aliphatic carbocycles. The predicted octanol–water partition coefficient (Wildman–Crippen LogP) is 4.62. The Morgan fingerprint density at radius 3 is 2.25 bits per heavy atom. The van der Waals surface area contributed by atoms with Crippen LogP contribution in [0.15, 0.2) is 83.9 Å². The van der Waals surface area contributed by atoms with Gasteiger partial charge in [0, 0.05) is 18.3 Å². The summed E-state index contributed by atoms with van der Waals surface area (Å²) in [6, 6.07) is 18.3. The fraction of sp³-hybridized carbons (Fsp3) is 0.125. The van der Waals surface area contributed by atoms with Gasteiger partial charge in [-0.2, -0.15) is 0 Å². The monoisotopic (exact) mass is 452 g/mol. The number of rotatable bonds is 9. The number of ketones is 1. The summed E-state index contributed by atoms with van der Waals surface area (Å²) in [6.07, 6.45) is 2.79. The maximum absolute atomic E-state index is 12.7. The van der Waals surface area contributed by atoms with E-state index >= 15 is 0 Å². The number of allylic oxidation sites excluding steroid dienone is 1. The SMILES string of the molecule is COc1ccc(C(=O)C=CNc2ccccc2NS(=O)(=O)c2ccc(C)cc2)c(OC)c1. The summed E-state index contributed by atoms with van der Waals surface area (Å²) in [7, 11) is -0.754. The van der Waals surface area contributed by atoms with Gasteiger partial charge in [-0.25, -0.2) is 8.42 Å². The Morgan fingerprint density at radius 1 is 0.906 bits per heavy atom. The largest absolute Gasteiger partial charge is 0.497 e. The normalized spacial score (nSPS) is 11.2. The van der Waals surface area contributed by atoms with E-state index in [1.165, 1.54) is 26.5 Å². The molecule has 32 heavy (non-hydrogen) atoms. The average Bonchev–Trinajstić information content (AvgIpc) is 2.79. The lowest BCUT2D eigenvalue weighted by Gasteiger charge is -2.12. The number of carbonyl (C=O) groups excluding carboxylic acids is 1. The molecular formula is C24H24N2O5S. The van der Waals surface area contributed by atoms with Crippen molar-refractivity contribution in [1.82, 2.24) is 0 Å². The van der Waals surface area contributed by atoms with Crippen LogP contribution >= 0.6 is 0 Å². The molecule has 0 radical (unpaired) electrons. The van der Waals surface area contributed by atoms with Gasteiger partial charge < -0.3 is 14.8 Å². The van der Waals surface area contributed by atoms with Crippen LogP contribution in [0.25, 0.3) is 0 Å². The molecule has 166 valence electrons. The van der Waals surface area contributed by atoms with E-state index in [-0.39, 0.29) is 10.7 Å². The van der Waals surface area contributed by atoms with Gasteiger partial charge in [-0.1, -0.05) is 29.8 Å². The van der Waals surface area contributed by atoms with Crippen LogP contribution in [0.1, 0.15) is 15.9 Å². The van der Waals surface area contributed by atoms with Gasteiger partial charge in [0.05, 0.1) is 36.1 Å². The number of carbonyl (C=O) groups is 1. The van der Waals surface area contributed by atoms with Gasteiger partial charge in [0.1, 0.15) is 11.5 Å². The van der Waals surface area contributed by atoms with E-state index in [9.17, 15) is 13.2 Å². The summed E-state index contributed by atoms with van der Waals surface area (Å²) >= 11 is 0. The molecule has 3 aromatic rings. The zero-order valence-electron chi connectivity index (χ0n) is 18.0. The van der Waals surface area contributed by atoms with Gasteiger partial charge in [-0.15, -0.1) is 0 Å². The molecule has 7 nitrogen and oxygen atoms in total. The Labute approximate surface area is 187 Å². The number of benzene rings is 3. The molecule has 0 fully saturated rings. The van der Waals surface area contributed by atoms with Crippen molar-refractivity contribution in [3.8, 4) is 11.5 Å². The number of hydrogen-bond acceptors (Lipinski definition) is 6. The fourth-order valence-corrected chi connectivity index (χ4v) is 4.00. The molecule has 0 aliphatic rings. The van der Waals surface area contributed by atoms with Gasteiger partial charge >= 0.3 is 0 Å². The van der Waals surface area contributed by atoms with Crippen LogP contribution in [0.2, 0.25) is 0 Å². The molecular weight excluding hydrogens is 428 g/mol. The minimum Gasteiger partial charge on any atom is -0.497 e. The average molecular weight is 453 g/mol. The summed E-state index contributed by atoms with van der Waals surface area (Å²) in [5.74, 6) is 0.690. The first-order valence-electron chi connectivity index (χ1n) is 9.72. The van der Waals surface area contributed by atoms with Crippen LogP contribution in [-0.2, 0) is 10.0 Å². The molecule has 0 unspecified atom stereocenters. The van der Waals surface area contributed by atoms with Crippen LogP contribution in [0.3, 0.4) is 0 Å². The summed E-state index contributed by atoms with van der Waals surface area (Å²) in [6.45, 7) is 1.89. The lowest BCUT2D eigenvalue weighted by molar-refractivity contribution is 0.104. The zero-order chi connectivity index (χ0) is 23.1. The number of methoxy groups -OCH3 is 2. The van der Waals surface area contributed by atoms with Gasteiger partial charge in [0.15, 0.2) is 5.78 Å². The maximum Gasteiger partial charge on any atom is 0.261 e. The first-order chi connectivity index (χ1) is 15.3. The van der Waals surface area contributed by atoms with Crippen LogP contribution in [-0.4, -0.2) is 28.4 Å². The Bertz CT molecular complexity index is 1240. The summed E-state index contributed by atoms with van der Waals surface area (Å²) in [4.78, 5) is 12.7. The lowest BCUT2D eigenvalue weighted by Crippen LogP contribution is -2.14. The number of aryl methyl sites for hydroxylation is 1. The van der Waals surface area contributed by atoms with Gasteiger partial charge in [-0.05, 0) is 43.3 Å². The van der Waals surface area contributed by atoms with E-state index in [0.29, 0.717) is 28.4 Å². The van der Waals surface area contributed by atoms with Crippen LogP contribution in [0.4, 0.5) is 11.4 Å². The standard InChI is InChI=1S/C24H24N2O5S/c1-17-8-11-19(12-9-17)32(28,29)26-22-7-5-4-6-21(22)25-15-14-23(27)20-13-10-18(30-2)16-24(20)31-3/h4-16,25-26H,1-3H3. The van der Waals surface area contributed by atoms with Crippen molar-refractivity contribution in [3.63, 3.8) is 0 Å². The van der Waals surface area contributed by atoms with E-state index in [2.05, 4.69) is 10.0 Å². The molecule has 3 aromatic carbocycles. The molecule has 0 bridgehead atoms. The second-order valence-electron chi connectivity index (χ2n) is 6.87. The minimum atomic E-state index is -3.76. The summed E-state index contributed by atoms with van der Waals surface area (Å²) in [5, 5.41) is 2.96. The number of sulfonamides is 1. The smallest absolute Gasteiger partial charge is 0.261 e. The topological polar surface area (TPSA) is 93.7 Å². The van der Waals surface area contributed by atoms with E-state index in [4.69, 9.17) is 9.47 Å². The third kappa shape index (κ3) is 5.47. The van der Waals surface area contributed by atoms with Gasteiger partial charge in [0.2, 0.25) is 0 Å². The van der Waals surface area contributed by atoms with Gasteiger partial charge in [-0.3, -0.25) is 9.52 Å². The molecule has 0 heterocycles. The molecule has 0 amide bonds. The molecule has 0 aromatic heterocycles. The van der Waals surface area contributed by atoms with Crippen molar-refractivity contribution in [2.24, 2.45) is 0 Å². The number of nitrogens with one attached hydrogen (secondary N) is 2. The fourth-order valence-electron chi connectivity index (χ4n) is 2.92. The van der Waals surface area contributed by atoms with Crippen molar-refractivity contribution >= 4 is 27.2 Å². The molecule has 0 aliphatic heterocycles. The highest BCUT2D eigenvalue weighted by Crippen LogP contribution is 2.26. The van der Waals surface area contributed by atoms with Crippen LogP contribution in [0, 0.1) is 6.92 Å². The number of para-hydroxylation sites is 2. The highest BCUT2D eigenvalue weighted by atomic mass is 32.2. The second-order valence-corrected chi connectivity index (χ2v) is 8.55. The van der Waals surface area contributed by atoms with E-state index < -0.39 is 10.0 Å². The van der Waals surface area contributed by atoms with E-state index in [1.54, 1.807) is 66.7 Å². The van der Waals surface area contributed by atoms with E-state index in [1.807, 2.05) is 6.92 Å². The minimum absolute atomic E-state index is 0.162. The second kappa shape index (κ2) is 10.0. The van der Waals surface area contributed by atoms with Crippen molar-refractivity contribution < 1.29 is 22.7 Å². The molecule has 8 heteroatoms. The van der Waals surface area contributed by atoms with Crippen LogP contribution < -0.4 is 19.5 Å². The zero-order valence-corrected chi connectivity index (χ0v) is 18.8. The Balaban J connectivity index is 1.76. The third-order valence-corrected chi connectivity index (χ3v) is 6.03. The maximum atomic E-state index is 12.7. The summed E-state index contributed by atoms with van der Waals surface area (Å²) < 4.78 is 38.4. The lowest BCUT2D eigenvalue weighted by atomic mass is 10.1. The van der Waals surface area contributed by atoms with Crippen molar-refractivity contribution in [2.45, 2.75) is 11.8 Å². The number of hydrogen-bond donors (Lipinski definition) is 2. The highest BCUT2D eigenvalue weighted by molar-refractivity contribution is 7.92. The van der Waals surface area contributed by atoms with Gasteiger partial charge in [0.25, 0.3) is 10.0 Å². The molecule has 2 N–H and O–H groups in total. The van der Waals surface area contributed by atoms with E-state index in [0.717, 1.165) is 5.56 Å². The quantitative estimate of drug-likeness (QED) is 0.363. The van der Waals surface area contributed by atoms with Crippen LogP contribution in [0.5, 0.6) is 11.5 Å². The number of ether oxygens (including phenoxy) is 2. The first kappa shape index (κ1) is 22.9. The Hall–Kier alpha value is -3.78. The summed E-state index contributed by atoms with van der Waals surface area (Å²) in [5.41, 5.74) is 2.19. The highest BCUT2D eigenvalue weighted by Gasteiger charge is 2.16. The molecule has 0 spiro atoms. The Kier molecular flexibility index (Phi) is 7.17. The third-order valence-electron chi connectivity index (χ3n) is 4.65. The van der Waals surface area contributed by atoms with Crippen molar-refractivity contribution in [3.05, 3.63) is 90.1 Å². The molecule has 0 saturated carbocycles. The molecule has 3 rings (SSSR count). The van der Waals surface area contributed by atoms with Crippen molar-refractivity contribution in [1.29, 1.82) is 0 Å². The first-order valence-corrected chi connectivity index (χ1v) is 11.2. The molecule has 0 atom stereocenters. The number of anilines is 2. The predicted molar refractivity (Wildman–Crippen MR) is 125 cm³/mol.